The van der Waals surface area contributed by atoms with Crippen LogP contribution in [0.4, 0.5) is 4.39 Å². The molecule has 2 nitrogen and oxygen atoms in total. The average Bonchev–Trinajstić information content (AvgIpc) is 3.24. The molecule has 1 N–H and O–H groups in total. The van der Waals surface area contributed by atoms with Crippen LogP contribution in [0.1, 0.15) is 21.5 Å². The summed E-state index contributed by atoms with van der Waals surface area (Å²) in [6.45, 7) is 0. The highest BCUT2D eigenvalue weighted by molar-refractivity contribution is 7.08. The Morgan fingerprint density at radius 2 is 1.92 bits per heavy atom. The van der Waals surface area contributed by atoms with Gasteiger partial charge in [-0.05, 0) is 76.2 Å². The second-order valence-electron chi connectivity index (χ2n) is 6.04. The topological polar surface area (TPSA) is 29.1 Å². The summed E-state index contributed by atoms with van der Waals surface area (Å²) in [5.41, 5.74) is 5.60. The second kappa shape index (κ2) is 6.21. The lowest BCUT2D eigenvalue weighted by Gasteiger charge is -2.12. The molecule has 0 saturated carbocycles. The van der Waals surface area contributed by atoms with Gasteiger partial charge in [0.15, 0.2) is 0 Å². The zero-order chi connectivity index (χ0) is 16.5. The molecular weight excluding hydrogens is 321 g/mol. The molecule has 1 aliphatic carbocycles. The van der Waals surface area contributed by atoms with Crippen molar-refractivity contribution >= 4 is 17.2 Å². The van der Waals surface area contributed by atoms with Gasteiger partial charge in [-0.25, -0.2) is 4.39 Å². The first-order valence-corrected chi connectivity index (χ1v) is 8.85. The largest absolute Gasteiger partial charge is 0.349 e. The van der Waals surface area contributed by atoms with Gasteiger partial charge in [0.05, 0.1) is 0 Å². The van der Waals surface area contributed by atoms with Gasteiger partial charge in [-0.1, -0.05) is 18.2 Å². The Bertz CT molecular complexity index is 871. The lowest BCUT2D eigenvalue weighted by molar-refractivity contribution is 0.0938. The molecule has 4 heteroatoms. The Morgan fingerprint density at radius 3 is 2.67 bits per heavy atom. The summed E-state index contributed by atoms with van der Waals surface area (Å²) in [5, 5.41) is 7.31. The third-order valence-electron chi connectivity index (χ3n) is 4.46. The summed E-state index contributed by atoms with van der Waals surface area (Å²) in [7, 11) is 0. The van der Waals surface area contributed by atoms with Gasteiger partial charge in [0.2, 0.25) is 0 Å². The molecule has 1 heterocycles. The minimum absolute atomic E-state index is 0.0809. The highest BCUT2D eigenvalue weighted by Crippen LogP contribution is 2.33. The first kappa shape index (κ1) is 15.1. The van der Waals surface area contributed by atoms with E-state index in [2.05, 4.69) is 40.3 Å². The molecular formula is C20H16FNOS. The van der Waals surface area contributed by atoms with Gasteiger partial charge in [-0.15, -0.1) is 0 Å². The molecule has 120 valence electrons. The van der Waals surface area contributed by atoms with Gasteiger partial charge in [0, 0.05) is 11.6 Å². The first-order valence-electron chi connectivity index (χ1n) is 7.90. The smallest absolute Gasteiger partial charge is 0.251 e. The van der Waals surface area contributed by atoms with Crippen LogP contribution in [0, 0.1) is 5.82 Å². The predicted molar refractivity (Wildman–Crippen MR) is 94.8 cm³/mol. The van der Waals surface area contributed by atoms with Gasteiger partial charge < -0.3 is 5.32 Å². The number of nitrogens with one attached hydrogen (secondary N) is 1. The second-order valence-corrected chi connectivity index (χ2v) is 6.82. The van der Waals surface area contributed by atoms with E-state index in [1.54, 1.807) is 11.3 Å². The van der Waals surface area contributed by atoms with Crippen LogP contribution in [-0.4, -0.2) is 11.9 Å². The van der Waals surface area contributed by atoms with E-state index in [4.69, 9.17) is 0 Å². The Labute approximate surface area is 144 Å². The number of halogens is 1. The zero-order valence-corrected chi connectivity index (χ0v) is 13.8. The SMILES string of the molecule is O=C(NC1Cc2cccc(-c3ccsc3)c2C1)c1ccc(F)cc1. The molecule has 0 aliphatic heterocycles. The molecule has 2 aromatic carbocycles. The number of amides is 1. The predicted octanol–water partition coefficient (Wildman–Crippen LogP) is 4.45. The summed E-state index contributed by atoms with van der Waals surface area (Å²) >= 11 is 1.69. The van der Waals surface area contributed by atoms with Gasteiger partial charge in [0.25, 0.3) is 5.91 Å². The lowest BCUT2D eigenvalue weighted by Crippen LogP contribution is -2.35. The van der Waals surface area contributed by atoms with Crippen molar-refractivity contribution in [1.82, 2.24) is 5.32 Å². The normalized spacial score (nSPS) is 16.0. The Morgan fingerprint density at radius 1 is 1.08 bits per heavy atom. The third-order valence-corrected chi connectivity index (χ3v) is 5.15. The molecule has 4 rings (SSSR count). The van der Waals surface area contributed by atoms with Crippen molar-refractivity contribution in [3.05, 3.63) is 81.8 Å². The van der Waals surface area contributed by atoms with E-state index in [0.717, 1.165) is 12.8 Å². The molecule has 1 aromatic heterocycles. The standard InChI is InChI=1S/C20H16FNOS/c21-16-6-4-13(5-7-16)20(23)22-17-10-14-2-1-3-18(19(14)11-17)15-8-9-24-12-15/h1-9,12,17H,10-11H2,(H,22,23). The van der Waals surface area contributed by atoms with Gasteiger partial charge in [-0.2, -0.15) is 11.3 Å². The maximum Gasteiger partial charge on any atom is 0.251 e. The van der Waals surface area contributed by atoms with Crippen molar-refractivity contribution in [1.29, 1.82) is 0 Å². The lowest BCUT2D eigenvalue weighted by atomic mass is 9.99. The van der Waals surface area contributed by atoms with Crippen LogP contribution in [0.2, 0.25) is 0 Å². The van der Waals surface area contributed by atoms with Crippen LogP contribution in [0.3, 0.4) is 0 Å². The number of hydrogen-bond donors (Lipinski definition) is 1. The third kappa shape index (κ3) is 2.85. The van der Waals surface area contributed by atoms with Crippen molar-refractivity contribution < 1.29 is 9.18 Å². The van der Waals surface area contributed by atoms with E-state index < -0.39 is 0 Å². The summed E-state index contributed by atoms with van der Waals surface area (Å²) in [6.07, 6.45) is 1.66. The molecule has 0 bridgehead atoms. The number of fused-ring (bicyclic) bond motifs is 1. The molecule has 1 aliphatic rings. The van der Waals surface area contributed by atoms with E-state index in [0.29, 0.717) is 5.56 Å². The first-order chi connectivity index (χ1) is 11.7. The van der Waals surface area contributed by atoms with Crippen LogP contribution < -0.4 is 5.32 Å². The molecule has 0 fully saturated rings. The Balaban J connectivity index is 1.53. The highest BCUT2D eigenvalue weighted by atomic mass is 32.1. The number of carbonyl (C=O) groups excluding carboxylic acids is 1. The highest BCUT2D eigenvalue weighted by Gasteiger charge is 2.25. The minimum Gasteiger partial charge on any atom is -0.349 e. The molecule has 1 amide bonds. The number of thiophene rings is 1. The number of rotatable bonds is 3. The van der Waals surface area contributed by atoms with Crippen molar-refractivity contribution in [3.63, 3.8) is 0 Å². The van der Waals surface area contributed by atoms with Crippen LogP contribution in [0.25, 0.3) is 11.1 Å². The zero-order valence-electron chi connectivity index (χ0n) is 13.0. The minimum atomic E-state index is -0.333. The summed E-state index contributed by atoms with van der Waals surface area (Å²) in [5.74, 6) is -0.481. The van der Waals surface area contributed by atoms with Crippen LogP contribution >= 0.6 is 11.3 Å². The van der Waals surface area contributed by atoms with E-state index >= 15 is 0 Å². The Kier molecular flexibility index (Phi) is 3.90. The summed E-state index contributed by atoms with van der Waals surface area (Å²) in [4.78, 5) is 12.3. The molecule has 3 aromatic rings. The van der Waals surface area contributed by atoms with Crippen molar-refractivity contribution in [2.24, 2.45) is 0 Å². The molecule has 24 heavy (non-hydrogen) atoms. The van der Waals surface area contributed by atoms with Gasteiger partial charge in [-0.3, -0.25) is 4.79 Å². The molecule has 0 radical (unpaired) electrons. The van der Waals surface area contributed by atoms with Crippen LogP contribution in [0.15, 0.2) is 59.3 Å². The number of carbonyl (C=O) groups is 1. The van der Waals surface area contributed by atoms with Crippen molar-refractivity contribution in [2.45, 2.75) is 18.9 Å². The fourth-order valence-corrected chi connectivity index (χ4v) is 3.97. The molecule has 1 atom stereocenters. The van der Waals surface area contributed by atoms with Crippen LogP contribution in [-0.2, 0) is 12.8 Å². The Hall–Kier alpha value is -2.46. The van der Waals surface area contributed by atoms with Crippen molar-refractivity contribution in [3.8, 4) is 11.1 Å². The maximum absolute atomic E-state index is 13.0. The quantitative estimate of drug-likeness (QED) is 0.751. The van der Waals surface area contributed by atoms with E-state index in [9.17, 15) is 9.18 Å². The van der Waals surface area contributed by atoms with E-state index in [1.165, 1.54) is 46.5 Å². The van der Waals surface area contributed by atoms with Crippen molar-refractivity contribution in [2.75, 3.05) is 0 Å². The van der Waals surface area contributed by atoms with E-state index in [1.807, 2.05) is 0 Å². The van der Waals surface area contributed by atoms with Gasteiger partial charge >= 0.3 is 0 Å². The monoisotopic (exact) mass is 337 g/mol. The maximum atomic E-state index is 13.0. The fraction of sp³-hybridized carbons (Fsp3) is 0.150. The van der Waals surface area contributed by atoms with Gasteiger partial charge in [0.1, 0.15) is 5.82 Å². The summed E-state index contributed by atoms with van der Waals surface area (Å²) in [6, 6.07) is 14.2. The average molecular weight is 337 g/mol. The number of hydrogen-bond acceptors (Lipinski definition) is 2. The fourth-order valence-electron chi connectivity index (χ4n) is 3.31. The molecule has 0 saturated heterocycles. The van der Waals surface area contributed by atoms with Crippen LogP contribution in [0.5, 0.6) is 0 Å². The molecule has 0 spiro atoms. The number of benzene rings is 2. The van der Waals surface area contributed by atoms with E-state index in [-0.39, 0.29) is 17.8 Å². The summed E-state index contributed by atoms with van der Waals surface area (Å²) < 4.78 is 13.0. The molecule has 1 unspecified atom stereocenters.